The van der Waals surface area contributed by atoms with Gasteiger partial charge >= 0.3 is 5.97 Å². The van der Waals surface area contributed by atoms with Crippen molar-refractivity contribution in [2.75, 3.05) is 19.6 Å². The smallest absolute Gasteiger partial charge is 0.327 e. The molecule has 0 saturated carbocycles. The quantitative estimate of drug-likeness (QED) is 0.766. The first kappa shape index (κ1) is 11.6. The summed E-state index contributed by atoms with van der Waals surface area (Å²) in [5.74, 6) is -1.19. The topological polar surface area (TPSA) is 69.6 Å². The summed E-state index contributed by atoms with van der Waals surface area (Å²) in [6.45, 7) is 1.35. The van der Waals surface area contributed by atoms with Crippen molar-refractivity contribution in [2.24, 2.45) is 0 Å². The Balaban J connectivity index is 2.20. The summed E-state index contributed by atoms with van der Waals surface area (Å²) in [6, 6.07) is 7.98. The van der Waals surface area contributed by atoms with Gasteiger partial charge in [0.2, 0.25) is 0 Å². The lowest BCUT2D eigenvalue weighted by Crippen LogP contribution is -2.56. The molecule has 5 nitrogen and oxygen atoms in total. The molecule has 1 heterocycles. The maximum Gasteiger partial charge on any atom is 0.327 e. The van der Waals surface area contributed by atoms with Gasteiger partial charge in [-0.1, -0.05) is 18.2 Å². The number of rotatable bonds is 2. The molecule has 2 rings (SSSR count). The van der Waals surface area contributed by atoms with Crippen molar-refractivity contribution in [2.45, 2.75) is 6.04 Å². The monoisotopic (exact) mass is 234 g/mol. The van der Waals surface area contributed by atoms with Gasteiger partial charge in [-0.05, 0) is 12.1 Å². The molecule has 1 aromatic rings. The molecular formula is C12H14N2O3. The summed E-state index contributed by atoms with van der Waals surface area (Å²) in [7, 11) is 0. The highest BCUT2D eigenvalue weighted by Gasteiger charge is 2.32. The average Bonchev–Trinajstić information content (AvgIpc) is 2.39. The van der Waals surface area contributed by atoms with Crippen molar-refractivity contribution in [3.63, 3.8) is 0 Å². The normalized spacial score (nSPS) is 20.0. The number of nitrogens with zero attached hydrogens (tertiary/aromatic N) is 1. The lowest BCUT2D eigenvalue weighted by molar-refractivity contribution is -0.142. The van der Waals surface area contributed by atoms with Crippen LogP contribution in [0.3, 0.4) is 0 Å². The number of carbonyl (C=O) groups is 2. The van der Waals surface area contributed by atoms with Crippen LogP contribution in [-0.4, -0.2) is 47.6 Å². The molecule has 1 fully saturated rings. The van der Waals surface area contributed by atoms with E-state index in [1.807, 2.05) is 6.07 Å². The van der Waals surface area contributed by atoms with Gasteiger partial charge in [-0.25, -0.2) is 4.79 Å². The summed E-state index contributed by atoms with van der Waals surface area (Å²) in [5.41, 5.74) is 0.528. The zero-order valence-corrected chi connectivity index (χ0v) is 9.30. The first-order valence-electron chi connectivity index (χ1n) is 5.49. The fourth-order valence-electron chi connectivity index (χ4n) is 1.91. The molecule has 0 aromatic heterocycles. The number of amides is 1. The Kier molecular flexibility index (Phi) is 3.39. The molecule has 1 aromatic carbocycles. The van der Waals surface area contributed by atoms with E-state index in [1.165, 1.54) is 4.90 Å². The second kappa shape index (κ2) is 4.97. The number of hydrogen-bond acceptors (Lipinski definition) is 3. The average molecular weight is 234 g/mol. The van der Waals surface area contributed by atoms with Crippen molar-refractivity contribution < 1.29 is 14.7 Å². The molecular weight excluding hydrogens is 220 g/mol. The molecule has 0 spiro atoms. The minimum Gasteiger partial charge on any atom is -0.480 e. The van der Waals surface area contributed by atoms with Crippen LogP contribution in [-0.2, 0) is 4.79 Å². The van der Waals surface area contributed by atoms with Gasteiger partial charge in [-0.3, -0.25) is 4.79 Å². The maximum absolute atomic E-state index is 12.1. The van der Waals surface area contributed by atoms with Crippen LogP contribution in [0.15, 0.2) is 30.3 Å². The van der Waals surface area contributed by atoms with Crippen LogP contribution in [0.5, 0.6) is 0 Å². The third kappa shape index (κ3) is 2.45. The molecule has 2 N–H and O–H groups in total. The molecule has 0 aliphatic carbocycles. The number of piperazine rings is 1. The molecule has 1 atom stereocenters. The number of carboxylic acid groups (broad SMARTS) is 1. The number of aliphatic carboxylic acids is 1. The Labute approximate surface area is 99.0 Å². The SMILES string of the molecule is O=C(O)C1CNCCN1C(=O)c1ccccc1. The van der Waals surface area contributed by atoms with Crippen LogP contribution < -0.4 is 5.32 Å². The zero-order chi connectivity index (χ0) is 12.3. The van der Waals surface area contributed by atoms with E-state index in [-0.39, 0.29) is 5.91 Å². The fraction of sp³-hybridized carbons (Fsp3) is 0.333. The summed E-state index contributed by atoms with van der Waals surface area (Å²) in [4.78, 5) is 24.6. The number of hydrogen-bond donors (Lipinski definition) is 2. The lowest BCUT2D eigenvalue weighted by Gasteiger charge is -2.33. The van der Waals surface area contributed by atoms with E-state index in [9.17, 15) is 9.59 Å². The van der Waals surface area contributed by atoms with E-state index in [4.69, 9.17) is 5.11 Å². The minimum absolute atomic E-state index is 0.223. The Morgan fingerprint density at radius 2 is 2.00 bits per heavy atom. The highest BCUT2D eigenvalue weighted by Crippen LogP contribution is 2.10. The lowest BCUT2D eigenvalue weighted by atomic mass is 10.1. The highest BCUT2D eigenvalue weighted by molar-refractivity contribution is 5.96. The summed E-state index contributed by atoms with van der Waals surface area (Å²) < 4.78 is 0. The van der Waals surface area contributed by atoms with Crippen molar-refractivity contribution in [1.29, 1.82) is 0 Å². The molecule has 0 bridgehead atoms. The van der Waals surface area contributed by atoms with Crippen LogP contribution in [0.25, 0.3) is 0 Å². The van der Waals surface area contributed by atoms with Crippen LogP contribution >= 0.6 is 0 Å². The predicted molar refractivity (Wildman–Crippen MR) is 61.8 cm³/mol. The molecule has 1 aliphatic heterocycles. The van der Waals surface area contributed by atoms with Gasteiger partial charge in [-0.2, -0.15) is 0 Å². The van der Waals surface area contributed by atoms with E-state index in [2.05, 4.69) is 5.32 Å². The summed E-state index contributed by atoms with van der Waals surface area (Å²) >= 11 is 0. The van der Waals surface area contributed by atoms with Crippen molar-refractivity contribution in [3.05, 3.63) is 35.9 Å². The Morgan fingerprint density at radius 1 is 1.29 bits per heavy atom. The van der Waals surface area contributed by atoms with Crippen molar-refractivity contribution in [1.82, 2.24) is 10.2 Å². The third-order valence-corrected chi connectivity index (χ3v) is 2.81. The highest BCUT2D eigenvalue weighted by atomic mass is 16.4. The molecule has 0 radical (unpaired) electrons. The predicted octanol–water partition coefficient (Wildman–Crippen LogP) is 0.185. The van der Waals surface area contributed by atoms with Gasteiger partial charge < -0.3 is 15.3 Å². The van der Waals surface area contributed by atoms with Gasteiger partial charge in [0.15, 0.2) is 0 Å². The van der Waals surface area contributed by atoms with E-state index in [0.29, 0.717) is 25.2 Å². The van der Waals surface area contributed by atoms with Crippen molar-refractivity contribution >= 4 is 11.9 Å². The molecule has 1 aliphatic rings. The fourth-order valence-corrected chi connectivity index (χ4v) is 1.91. The second-order valence-electron chi connectivity index (χ2n) is 3.92. The third-order valence-electron chi connectivity index (χ3n) is 2.81. The Morgan fingerprint density at radius 3 is 2.65 bits per heavy atom. The second-order valence-corrected chi connectivity index (χ2v) is 3.92. The molecule has 1 unspecified atom stereocenters. The van der Waals surface area contributed by atoms with Crippen LogP contribution in [0.2, 0.25) is 0 Å². The molecule has 5 heteroatoms. The van der Waals surface area contributed by atoms with E-state index in [0.717, 1.165) is 0 Å². The van der Waals surface area contributed by atoms with Crippen LogP contribution in [0.1, 0.15) is 10.4 Å². The maximum atomic E-state index is 12.1. The number of carbonyl (C=O) groups excluding carboxylic acids is 1. The first-order valence-corrected chi connectivity index (χ1v) is 5.49. The zero-order valence-electron chi connectivity index (χ0n) is 9.30. The first-order chi connectivity index (χ1) is 8.20. The number of benzene rings is 1. The van der Waals surface area contributed by atoms with Gasteiger partial charge in [-0.15, -0.1) is 0 Å². The standard InChI is InChI=1S/C12H14N2O3/c15-11(9-4-2-1-3-5-9)14-7-6-13-8-10(14)12(16)17/h1-5,10,13H,6-8H2,(H,16,17). The molecule has 1 amide bonds. The van der Waals surface area contributed by atoms with Crippen LogP contribution in [0.4, 0.5) is 0 Å². The van der Waals surface area contributed by atoms with Gasteiger partial charge in [0.05, 0.1) is 0 Å². The van der Waals surface area contributed by atoms with E-state index < -0.39 is 12.0 Å². The van der Waals surface area contributed by atoms with Crippen molar-refractivity contribution in [3.8, 4) is 0 Å². The molecule has 17 heavy (non-hydrogen) atoms. The Hall–Kier alpha value is -1.88. The number of nitrogens with one attached hydrogen (secondary N) is 1. The molecule has 1 saturated heterocycles. The number of carboxylic acids is 1. The summed E-state index contributed by atoms with van der Waals surface area (Å²) in [5, 5.41) is 12.0. The van der Waals surface area contributed by atoms with Crippen LogP contribution in [0, 0.1) is 0 Å². The van der Waals surface area contributed by atoms with E-state index in [1.54, 1.807) is 24.3 Å². The molecule has 90 valence electrons. The largest absolute Gasteiger partial charge is 0.480 e. The van der Waals surface area contributed by atoms with Gasteiger partial charge in [0, 0.05) is 25.2 Å². The Bertz CT molecular complexity index is 419. The van der Waals surface area contributed by atoms with Gasteiger partial charge in [0.1, 0.15) is 6.04 Å². The van der Waals surface area contributed by atoms with E-state index >= 15 is 0 Å². The summed E-state index contributed by atoms with van der Waals surface area (Å²) in [6.07, 6.45) is 0. The van der Waals surface area contributed by atoms with Gasteiger partial charge in [0.25, 0.3) is 5.91 Å². The minimum atomic E-state index is -0.971.